The molecule has 5 rings (SSSR count). The van der Waals surface area contributed by atoms with Crippen molar-refractivity contribution in [2.24, 2.45) is 0 Å². The van der Waals surface area contributed by atoms with Crippen molar-refractivity contribution in [2.45, 2.75) is 38.6 Å². The number of benzene rings is 2. The van der Waals surface area contributed by atoms with Crippen molar-refractivity contribution in [3.05, 3.63) is 54.3 Å². The van der Waals surface area contributed by atoms with E-state index in [-0.39, 0.29) is 0 Å². The Kier molecular flexibility index (Phi) is 3.59. The first-order valence-corrected chi connectivity index (χ1v) is 9.16. The molecule has 0 unspecified atom stereocenters. The van der Waals surface area contributed by atoms with Crippen molar-refractivity contribution in [1.82, 2.24) is 20.0 Å². The van der Waals surface area contributed by atoms with Crippen molar-refractivity contribution >= 4 is 11.0 Å². The van der Waals surface area contributed by atoms with Crippen LogP contribution in [0, 0.1) is 6.92 Å². The first-order valence-electron chi connectivity index (χ1n) is 9.16. The number of aromatic nitrogens is 4. The number of hydrogen-bond acceptors (Lipinski definition) is 4. The SMILES string of the molecule is Cc1ccc(-c2coc(-c3ccc4c(c3)nnn4C3CCCC3)n2)cc1. The van der Waals surface area contributed by atoms with Crippen molar-refractivity contribution in [1.29, 1.82) is 0 Å². The molecule has 0 spiro atoms. The van der Waals surface area contributed by atoms with Gasteiger partial charge in [-0.2, -0.15) is 0 Å². The lowest BCUT2D eigenvalue weighted by Crippen LogP contribution is -2.06. The van der Waals surface area contributed by atoms with E-state index in [0.717, 1.165) is 27.9 Å². The molecule has 0 amide bonds. The zero-order valence-corrected chi connectivity index (χ0v) is 14.7. The minimum atomic E-state index is 0.487. The predicted molar refractivity (Wildman–Crippen MR) is 101 cm³/mol. The molecule has 26 heavy (non-hydrogen) atoms. The van der Waals surface area contributed by atoms with Gasteiger partial charge in [-0.25, -0.2) is 9.67 Å². The fraction of sp³-hybridized carbons (Fsp3) is 0.286. The Morgan fingerprint density at radius 1 is 1.00 bits per heavy atom. The highest BCUT2D eigenvalue weighted by atomic mass is 16.3. The summed E-state index contributed by atoms with van der Waals surface area (Å²) in [4.78, 5) is 4.65. The smallest absolute Gasteiger partial charge is 0.226 e. The highest BCUT2D eigenvalue weighted by Crippen LogP contribution is 2.32. The summed E-state index contributed by atoms with van der Waals surface area (Å²) < 4.78 is 7.81. The molecule has 5 heteroatoms. The second kappa shape index (κ2) is 6.09. The van der Waals surface area contributed by atoms with Crippen LogP contribution in [0.2, 0.25) is 0 Å². The van der Waals surface area contributed by atoms with Crippen LogP contribution in [0.5, 0.6) is 0 Å². The molecule has 2 aromatic carbocycles. The van der Waals surface area contributed by atoms with E-state index >= 15 is 0 Å². The predicted octanol–water partition coefficient (Wildman–Crippen LogP) is 5.18. The van der Waals surface area contributed by atoms with Crippen LogP contribution in [0.15, 0.2) is 53.1 Å². The van der Waals surface area contributed by atoms with Gasteiger partial charge in [-0.15, -0.1) is 5.10 Å². The number of nitrogens with zero attached hydrogens (tertiary/aromatic N) is 4. The van der Waals surface area contributed by atoms with Gasteiger partial charge in [0, 0.05) is 11.1 Å². The Morgan fingerprint density at radius 2 is 1.77 bits per heavy atom. The summed E-state index contributed by atoms with van der Waals surface area (Å²) >= 11 is 0. The van der Waals surface area contributed by atoms with Gasteiger partial charge in [-0.05, 0) is 38.0 Å². The zero-order valence-electron chi connectivity index (χ0n) is 14.7. The number of fused-ring (bicyclic) bond motifs is 1. The number of rotatable bonds is 3. The summed E-state index contributed by atoms with van der Waals surface area (Å²) in [7, 11) is 0. The Labute approximate surface area is 151 Å². The Bertz CT molecular complexity index is 1060. The number of aryl methyl sites for hydroxylation is 1. The number of hydrogen-bond donors (Lipinski definition) is 0. The topological polar surface area (TPSA) is 56.7 Å². The summed E-state index contributed by atoms with van der Waals surface area (Å²) in [5, 5.41) is 8.76. The monoisotopic (exact) mass is 344 g/mol. The van der Waals surface area contributed by atoms with E-state index in [1.165, 1.54) is 31.2 Å². The molecule has 1 aliphatic carbocycles. The number of oxazole rings is 1. The molecular weight excluding hydrogens is 324 g/mol. The lowest BCUT2D eigenvalue weighted by atomic mass is 10.1. The van der Waals surface area contributed by atoms with Crippen LogP contribution in [-0.2, 0) is 0 Å². The van der Waals surface area contributed by atoms with Crippen LogP contribution in [-0.4, -0.2) is 20.0 Å². The van der Waals surface area contributed by atoms with Crippen LogP contribution in [0.3, 0.4) is 0 Å². The van der Waals surface area contributed by atoms with Gasteiger partial charge < -0.3 is 4.42 Å². The molecule has 0 bridgehead atoms. The Morgan fingerprint density at radius 3 is 2.58 bits per heavy atom. The van der Waals surface area contributed by atoms with Crippen LogP contribution >= 0.6 is 0 Å². The summed E-state index contributed by atoms with van der Waals surface area (Å²) in [6.07, 6.45) is 6.66. The van der Waals surface area contributed by atoms with E-state index in [0.29, 0.717) is 11.9 Å². The fourth-order valence-corrected chi connectivity index (χ4v) is 3.76. The van der Waals surface area contributed by atoms with E-state index in [1.807, 2.05) is 12.1 Å². The maximum Gasteiger partial charge on any atom is 0.226 e. The van der Waals surface area contributed by atoms with Gasteiger partial charge in [-0.1, -0.05) is 47.9 Å². The third kappa shape index (κ3) is 2.60. The summed E-state index contributed by atoms with van der Waals surface area (Å²) in [5.74, 6) is 0.609. The normalized spacial score (nSPS) is 15.1. The van der Waals surface area contributed by atoms with E-state index < -0.39 is 0 Å². The first-order chi connectivity index (χ1) is 12.8. The minimum Gasteiger partial charge on any atom is -0.444 e. The van der Waals surface area contributed by atoms with Gasteiger partial charge in [-0.3, -0.25) is 0 Å². The van der Waals surface area contributed by atoms with E-state index in [4.69, 9.17) is 4.42 Å². The molecule has 0 radical (unpaired) electrons. The molecule has 1 saturated carbocycles. The molecule has 0 aliphatic heterocycles. The fourth-order valence-electron chi connectivity index (χ4n) is 3.76. The Hall–Kier alpha value is -2.95. The second-order valence-corrected chi connectivity index (χ2v) is 7.08. The van der Waals surface area contributed by atoms with E-state index in [9.17, 15) is 0 Å². The quantitative estimate of drug-likeness (QED) is 0.514. The van der Waals surface area contributed by atoms with Crippen molar-refractivity contribution in [3.63, 3.8) is 0 Å². The van der Waals surface area contributed by atoms with Gasteiger partial charge >= 0.3 is 0 Å². The maximum absolute atomic E-state index is 5.72. The third-order valence-corrected chi connectivity index (χ3v) is 5.24. The minimum absolute atomic E-state index is 0.487. The average Bonchev–Trinajstić information content (AvgIpc) is 3.41. The van der Waals surface area contributed by atoms with E-state index in [2.05, 4.69) is 57.2 Å². The summed E-state index contributed by atoms with van der Waals surface area (Å²) in [5.41, 5.74) is 6.03. The molecule has 0 N–H and O–H groups in total. The first kappa shape index (κ1) is 15.3. The zero-order chi connectivity index (χ0) is 17.5. The molecular formula is C21H20N4O. The van der Waals surface area contributed by atoms with Crippen molar-refractivity contribution < 1.29 is 4.42 Å². The highest BCUT2D eigenvalue weighted by Gasteiger charge is 2.20. The lowest BCUT2D eigenvalue weighted by molar-refractivity contribution is 0.467. The van der Waals surface area contributed by atoms with Gasteiger partial charge in [0.25, 0.3) is 0 Å². The molecule has 130 valence electrons. The Balaban J connectivity index is 1.48. The van der Waals surface area contributed by atoms with Crippen LogP contribution < -0.4 is 0 Å². The maximum atomic E-state index is 5.72. The van der Waals surface area contributed by atoms with E-state index in [1.54, 1.807) is 6.26 Å². The highest BCUT2D eigenvalue weighted by molar-refractivity contribution is 5.80. The molecule has 2 aromatic heterocycles. The molecule has 0 atom stereocenters. The molecule has 4 aromatic rings. The molecule has 1 aliphatic rings. The third-order valence-electron chi connectivity index (χ3n) is 5.24. The largest absolute Gasteiger partial charge is 0.444 e. The van der Waals surface area contributed by atoms with Gasteiger partial charge in [0.1, 0.15) is 17.5 Å². The van der Waals surface area contributed by atoms with Crippen molar-refractivity contribution in [3.8, 4) is 22.7 Å². The summed E-state index contributed by atoms with van der Waals surface area (Å²) in [6, 6.07) is 14.9. The van der Waals surface area contributed by atoms with Crippen LogP contribution in [0.1, 0.15) is 37.3 Å². The van der Waals surface area contributed by atoms with Crippen molar-refractivity contribution in [2.75, 3.05) is 0 Å². The standard InChI is InChI=1S/C21H20N4O/c1-14-6-8-15(9-7-14)19-13-26-21(22-19)16-10-11-20-18(12-16)23-24-25(20)17-4-2-3-5-17/h6-13,17H,2-5H2,1H3. The van der Waals surface area contributed by atoms with Crippen LogP contribution in [0.4, 0.5) is 0 Å². The summed E-state index contributed by atoms with van der Waals surface area (Å²) in [6.45, 7) is 2.08. The lowest BCUT2D eigenvalue weighted by Gasteiger charge is -2.09. The molecule has 2 heterocycles. The van der Waals surface area contributed by atoms with Crippen LogP contribution in [0.25, 0.3) is 33.7 Å². The molecule has 0 saturated heterocycles. The molecule has 1 fully saturated rings. The van der Waals surface area contributed by atoms with Gasteiger partial charge in [0.2, 0.25) is 5.89 Å². The van der Waals surface area contributed by atoms with Gasteiger partial charge in [0.05, 0.1) is 11.6 Å². The van der Waals surface area contributed by atoms with Gasteiger partial charge in [0.15, 0.2) is 0 Å². The average molecular weight is 344 g/mol. The second-order valence-electron chi connectivity index (χ2n) is 7.08. The molecule has 5 nitrogen and oxygen atoms in total.